The summed E-state index contributed by atoms with van der Waals surface area (Å²) < 4.78 is 73.0. The van der Waals surface area contributed by atoms with Crippen LogP contribution in [0.5, 0.6) is 0 Å². The lowest BCUT2D eigenvalue weighted by Gasteiger charge is -2.47. The van der Waals surface area contributed by atoms with E-state index in [0.29, 0.717) is 6.42 Å². The number of hydrogen-bond donors (Lipinski definition) is 28. The van der Waals surface area contributed by atoms with Crippen LogP contribution < -0.4 is 90.1 Å². The standard InChI is InChI=1S/C51H100N16O24S2/c52-6-16-28(70)32(74)22(60)44(80-16)86-38-14(58)4-12(56)26(68)42(38)90-48-36(78)40(88-46-24(62)34(76)30(72)18(8-54)82-46)20(84-48)10-66-50(92)64-2-1-3-65-51(93)67-11-21-41(89-47-25(63)35(77)31(73)19(9-55)83-47)37(79)49(85-21)91-43-27(69)13(57)5-15(59)39(43)87-45-23(61)33(75)29(71)17(7-53)81-45/h12-49,68-79H,1-11,52-63H2,(H2,64,66,92)(H2,65,67,93)/t12-,13-,14?,15?,16?,17?,18-,19+,20-,21-,22?,23?,24?,25?,26+,27?,28?,29?,30?,31?,32-,33-,34?,35?,36?,37+,38?,39?,40?,41?,42?,43-,44+,45+,46+,47-,48+,49+/m1/s1. The third-order valence-corrected chi connectivity index (χ3v) is 18.8. The van der Waals surface area contributed by atoms with Crippen molar-refractivity contribution in [2.24, 2.45) is 68.8 Å². The topological polar surface area (TPSA) is 714 Å². The number of aliphatic hydroxyl groups is 12. The van der Waals surface area contributed by atoms with Crippen LogP contribution in [0.3, 0.4) is 0 Å². The Bertz CT molecular complexity index is 2200. The maximum Gasteiger partial charge on any atom is 0.187 e. The lowest BCUT2D eigenvalue weighted by molar-refractivity contribution is -0.306. The van der Waals surface area contributed by atoms with Gasteiger partial charge in [-0.3, -0.25) is 0 Å². The van der Waals surface area contributed by atoms with Crippen molar-refractivity contribution in [1.82, 2.24) is 21.3 Å². The van der Waals surface area contributed by atoms with Crippen LogP contribution in [0.2, 0.25) is 0 Å². The first-order chi connectivity index (χ1) is 44.0. The summed E-state index contributed by atoms with van der Waals surface area (Å²) in [6.45, 7) is -0.837. The Labute approximate surface area is 545 Å². The van der Waals surface area contributed by atoms with Gasteiger partial charge in [0, 0.05) is 76.5 Å². The molecule has 40 N–H and O–H groups in total. The van der Waals surface area contributed by atoms with Gasteiger partial charge in [-0.05, 0) is 43.7 Å². The van der Waals surface area contributed by atoms with Crippen LogP contribution in [0.25, 0.3) is 0 Å². The summed E-state index contributed by atoms with van der Waals surface area (Å²) in [6, 6.07) is -9.18. The van der Waals surface area contributed by atoms with Gasteiger partial charge in [-0.15, -0.1) is 0 Å². The summed E-state index contributed by atoms with van der Waals surface area (Å²) in [4.78, 5) is 0. The quantitative estimate of drug-likeness (QED) is 0.0315. The van der Waals surface area contributed by atoms with Gasteiger partial charge in [0.25, 0.3) is 0 Å². The zero-order valence-corrected chi connectivity index (χ0v) is 52.4. The van der Waals surface area contributed by atoms with Crippen LogP contribution in [-0.4, -0.2) is 356 Å². The van der Waals surface area contributed by atoms with Gasteiger partial charge < -0.3 is 208 Å². The molecule has 0 aromatic rings. The molecule has 8 rings (SSSR count). The molecule has 0 spiro atoms. The van der Waals surface area contributed by atoms with Crippen LogP contribution >= 0.6 is 24.4 Å². The minimum atomic E-state index is -1.71. The molecule has 93 heavy (non-hydrogen) atoms. The number of hydrogen-bond acceptors (Lipinski definition) is 38. The highest BCUT2D eigenvalue weighted by Crippen LogP contribution is 2.37. The van der Waals surface area contributed by atoms with Gasteiger partial charge in [-0.1, -0.05) is 0 Å². The van der Waals surface area contributed by atoms with E-state index in [1.165, 1.54) is 0 Å². The minimum Gasteiger partial charge on any atom is -0.389 e. The number of rotatable bonds is 24. The lowest BCUT2D eigenvalue weighted by atomic mass is 9.84. The van der Waals surface area contributed by atoms with E-state index in [1.54, 1.807) is 0 Å². The van der Waals surface area contributed by atoms with Crippen molar-refractivity contribution in [2.75, 3.05) is 52.4 Å². The summed E-state index contributed by atoms with van der Waals surface area (Å²) in [5, 5.41) is 144. The zero-order chi connectivity index (χ0) is 68.2. The van der Waals surface area contributed by atoms with Crippen LogP contribution in [0, 0.1) is 0 Å². The minimum absolute atomic E-state index is 0.0125. The van der Waals surface area contributed by atoms with Crippen LogP contribution in [0.1, 0.15) is 19.3 Å². The molecule has 2 aliphatic carbocycles. The van der Waals surface area contributed by atoms with Crippen molar-refractivity contribution < 1.29 is 118 Å². The highest BCUT2D eigenvalue weighted by atomic mass is 32.1. The van der Waals surface area contributed by atoms with Gasteiger partial charge in [0.05, 0.1) is 36.4 Å². The molecular formula is C51H100N16O24S2. The van der Waals surface area contributed by atoms with Crippen LogP contribution in [0.4, 0.5) is 0 Å². The SMILES string of the molecule is NCC1O[C@@H](OC2C(N)C[C@@H](N)[C@H](O)C2O[C@@H]2O[C@H](CNC(=S)NCCCNC(=S)NC[C@H]3O[C@@H](O[C@H]4C(O[C@@H]5OC(CN)C(O)[C@H](O)C5N)C(N)C[C@@H](N)C4O)[C@@H](O)C3O[C@H]3O[C@@H](CN)C(O)C(O)C3N)C(O[C@@H]3O[C@H](CN)C(O)C(O)C3N)C2O)C(N)[C@@H](O)C1O. The number of nitrogens with one attached hydrogen (secondary N) is 4. The first-order valence-electron chi connectivity index (χ1n) is 31.0. The number of thiocarbonyl (C=S) groups is 2. The summed E-state index contributed by atoms with van der Waals surface area (Å²) in [5.74, 6) is 0. The van der Waals surface area contributed by atoms with E-state index in [-0.39, 0.29) is 75.4 Å². The first-order valence-corrected chi connectivity index (χ1v) is 31.8. The second kappa shape index (κ2) is 33.9. The van der Waals surface area contributed by atoms with E-state index in [9.17, 15) is 61.3 Å². The first kappa shape index (κ1) is 76.7. The molecule has 2 saturated carbocycles. The fourth-order valence-corrected chi connectivity index (χ4v) is 12.9. The van der Waals surface area contributed by atoms with E-state index in [2.05, 4.69) is 21.3 Å². The molecule has 0 amide bonds. The molecular weight excluding hydrogens is 1280 g/mol. The van der Waals surface area contributed by atoms with Crippen molar-refractivity contribution >= 4 is 34.7 Å². The molecule has 38 atom stereocenters. The molecule has 0 aromatic heterocycles. The predicted octanol–water partition coefficient (Wildman–Crippen LogP) is -17.4. The van der Waals surface area contributed by atoms with E-state index < -0.39 is 233 Å². The Hall–Kier alpha value is -2.06. The largest absolute Gasteiger partial charge is 0.389 e. The number of nitrogens with two attached hydrogens (primary N) is 12. The smallest absolute Gasteiger partial charge is 0.187 e. The van der Waals surface area contributed by atoms with E-state index in [1.807, 2.05) is 0 Å². The normalized spacial score (nSPS) is 49.7. The molecule has 42 heteroatoms. The lowest BCUT2D eigenvalue weighted by Crippen LogP contribution is -2.68. The van der Waals surface area contributed by atoms with Gasteiger partial charge >= 0.3 is 0 Å². The second-order valence-corrected chi connectivity index (χ2v) is 25.6. The van der Waals surface area contributed by atoms with Gasteiger partial charge in [0.15, 0.2) is 48.0 Å². The molecule has 0 bridgehead atoms. The summed E-state index contributed by atoms with van der Waals surface area (Å²) in [6.07, 6.45) is -42.1. The third-order valence-electron chi connectivity index (χ3n) is 18.2. The molecule has 8 fully saturated rings. The Morgan fingerprint density at radius 1 is 0.312 bits per heavy atom. The van der Waals surface area contributed by atoms with Gasteiger partial charge in [-0.2, -0.15) is 0 Å². The summed E-state index contributed by atoms with van der Waals surface area (Å²) >= 11 is 11.2. The average Bonchev–Trinajstić information content (AvgIpc) is 1.80. The van der Waals surface area contributed by atoms with Crippen molar-refractivity contribution in [3.63, 3.8) is 0 Å². The molecule has 540 valence electrons. The number of aliphatic hydroxyl groups excluding tert-OH is 12. The zero-order valence-electron chi connectivity index (χ0n) is 50.7. The monoisotopic (exact) mass is 1380 g/mol. The molecule has 21 unspecified atom stereocenters. The summed E-state index contributed by atoms with van der Waals surface area (Å²) in [7, 11) is 0. The van der Waals surface area contributed by atoms with Gasteiger partial charge in [0.1, 0.15) is 134 Å². The predicted molar refractivity (Wildman–Crippen MR) is 324 cm³/mol. The van der Waals surface area contributed by atoms with E-state index >= 15 is 0 Å². The Kier molecular flexibility index (Phi) is 27.9. The van der Waals surface area contributed by atoms with Crippen LogP contribution in [0.15, 0.2) is 0 Å². The Morgan fingerprint density at radius 3 is 0.849 bits per heavy atom. The van der Waals surface area contributed by atoms with Crippen molar-refractivity contribution in [3.8, 4) is 0 Å². The molecule has 6 heterocycles. The van der Waals surface area contributed by atoms with Gasteiger partial charge in [0.2, 0.25) is 0 Å². The highest BCUT2D eigenvalue weighted by Gasteiger charge is 2.57. The second-order valence-electron chi connectivity index (χ2n) is 24.8. The van der Waals surface area contributed by atoms with Gasteiger partial charge in [-0.25, -0.2) is 0 Å². The molecule has 8 aliphatic rings. The maximum atomic E-state index is 11.9. The Morgan fingerprint density at radius 2 is 0.570 bits per heavy atom. The van der Waals surface area contributed by atoms with E-state index in [0.717, 1.165) is 0 Å². The average molecular weight is 1390 g/mol. The fourth-order valence-electron chi connectivity index (χ4n) is 12.5. The van der Waals surface area contributed by atoms with Crippen molar-refractivity contribution in [3.05, 3.63) is 0 Å². The van der Waals surface area contributed by atoms with E-state index in [4.69, 9.17) is 150 Å². The van der Waals surface area contributed by atoms with Crippen LogP contribution in [-0.2, 0) is 56.8 Å². The molecule has 6 saturated heterocycles. The third kappa shape index (κ3) is 17.4. The molecule has 0 radical (unpaired) electrons. The van der Waals surface area contributed by atoms with Crippen molar-refractivity contribution in [2.45, 2.75) is 252 Å². The molecule has 6 aliphatic heterocycles. The summed E-state index contributed by atoms with van der Waals surface area (Å²) in [5.41, 5.74) is 73.7. The molecule has 40 nitrogen and oxygen atoms in total. The fraction of sp³-hybridized carbons (Fsp3) is 0.961. The molecule has 0 aromatic carbocycles. The van der Waals surface area contributed by atoms with Crippen molar-refractivity contribution in [1.29, 1.82) is 0 Å². The number of ether oxygens (including phenoxy) is 12. The Balaban J connectivity index is 0.876. The maximum absolute atomic E-state index is 11.9. The highest BCUT2D eigenvalue weighted by molar-refractivity contribution is 7.80.